The molecule has 0 bridgehead atoms. The van der Waals surface area contributed by atoms with Gasteiger partial charge >= 0.3 is 5.97 Å². The zero-order valence-corrected chi connectivity index (χ0v) is 17.3. The lowest BCUT2D eigenvalue weighted by molar-refractivity contribution is -0.268. The molecule has 0 aliphatic heterocycles. The number of rotatable bonds is 5. The van der Waals surface area contributed by atoms with E-state index >= 15 is 0 Å². The van der Waals surface area contributed by atoms with Gasteiger partial charge in [-0.15, -0.1) is 0 Å². The second-order valence-electron chi connectivity index (χ2n) is 9.38. The molecule has 6 heteroatoms. The first-order valence-corrected chi connectivity index (χ1v) is 10.1. The van der Waals surface area contributed by atoms with Crippen LogP contribution in [0.4, 0.5) is 0 Å². The average Bonchev–Trinajstić information content (AvgIpc) is 3.14. The number of ketones is 1. The number of hydrogen-bond acceptors (Lipinski definition) is 6. The number of ether oxygens (including phenoxy) is 1. The first-order valence-electron chi connectivity index (χ1n) is 10.1. The monoisotopic (exact) mass is 392 g/mol. The molecule has 2 saturated carbocycles. The number of furan rings is 1. The highest BCUT2D eigenvalue weighted by atomic mass is 16.6. The third-order valence-electron chi connectivity index (χ3n) is 7.77. The van der Waals surface area contributed by atoms with Crippen LogP contribution in [0.25, 0.3) is 0 Å². The van der Waals surface area contributed by atoms with Crippen LogP contribution in [0.3, 0.4) is 0 Å². The largest absolute Gasteiger partial charge is 0.472 e. The third-order valence-corrected chi connectivity index (χ3v) is 7.77. The SMILES string of the molecule is CC(=O)O[C@@]1(C)C(=O)C[C@H]2[C@@](C)(CO)CCC[C@]2(C)[C@@]1(O)CCc1ccoc1. The Labute approximate surface area is 166 Å². The van der Waals surface area contributed by atoms with Crippen LogP contribution < -0.4 is 0 Å². The Morgan fingerprint density at radius 3 is 2.61 bits per heavy atom. The molecule has 1 aromatic heterocycles. The summed E-state index contributed by atoms with van der Waals surface area (Å²) >= 11 is 0. The number of fused-ring (bicyclic) bond motifs is 1. The number of Topliss-reactive ketones (excluding diaryl/α,β-unsaturated/α-hetero) is 1. The van der Waals surface area contributed by atoms with E-state index in [-0.39, 0.29) is 31.1 Å². The molecule has 6 nitrogen and oxygen atoms in total. The third kappa shape index (κ3) is 2.92. The molecule has 0 unspecified atom stereocenters. The lowest BCUT2D eigenvalue weighted by Crippen LogP contribution is -2.74. The van der Waals surface area contributed by atoms with Crippen molar-refractivity contribution in [2.75, 3.05) is 6.61 Å². The van der Waals surface area contributed by atoms with Gasteiger partial charge in [-0.1, -0.05) is 20.3 Å². The minimum atomic E-state index is -1.62. The number of aliphatic hydroxyl groups excluding tert-OH is 1. The molecule has 1 aromatic rings. The van der Waals surface area contributed by atoms with Crippen molar-refractivity contribution in [1.82, 2.24) is 0 Å². The topological polar surface area (TPSA) is 97.0 Å². The Balaban J connectivity index is 2.10. The van der Waals surface area contributed by atoms with Gasteiger partial charge in [-0.2, -0.15) is 0 Å². The van der Waals surface area contributed by atoms with Gasteiger partial charge < -0.3 is 19.4 Å². The highest BCUT2D eigenvalue weighted by Gasteiger charge is 2.71. The lowest BCUT2D eigenvalue weighted by Gasteiger charge is -2.65. The predicted octanol–water partition coefficient (Wildman–Crippen LogP) is 3.04. The van der Waals surface area contributed by atoms with Crippen molar-refractivity contribution in [1.29, 1.82) is 0 Å². The minimum Gasteiger partial charge on any atom is -0.472 e. The molecule has 0 spiro atoms. The fourth-order valence-electron chi connectivity index (χ4n) is 6.00. The Hall–Kier alpha value is -1.66. The van der Waals surface area contributed by atoms with E-state index in [0.29, 0.717) is 12.8 Å². The maximum absolute atomic E-state index is 13.3. The molecular weight excluding hydrogens is 360 g/mol. The summed E-state index contributed by atoms with van der Waals surface area (Å²) in [6.07, 6.45) is 6.48. The van der Waals surface area contributed by atoms with Gasteiger partial charge in [0.15, 0.2) is 11.4 Å². The number of carbonyl (C=O) groups is 2. The van der Waals surface area contributed by atoms with E-state index in [1.165, 1.54) is 6.92 Å². The molecule has 156 valence electrons. The molecule has 0 aromatic carbocycles. The zero-order chi connectivity index (χ0) is 20.8. The summed E-state index contributed by atoms with van der Waals surface area (Å²) in [5, 5.41) is 22.3. The van der Waals surface area contributed by atoms with Gasteiger partial charge in [0.2, 0.25) is 0 Å². The van der Waals surface area contributed by atoms with Crippen LogP contribution >= 0.6 is 0 Å². The maximum Gasteiger partial charge on any atom is 0.303 e. The second kappa shape index (κ2) is 6.99. The summed E-state index contributed by atoms with van der Waals surface area (Å²) < 4.78 is 10.7. The fourth-order valence-corrected chi connectivity index (χ4v) is 6.00. The van der Waals surface area contributed by atoms with Crippen LogP contribution in [0.5, 0.6) is 0 Å². The molecule has 2 fully saturated rings. The van der Waals surface area contributed by atoms with Crippen LogP contribution in [0, 0.1) is 16.7 Å². The standard InChI is InChI=1S/C22H32O6/c1-15(24)28-21(4)18(25)12-17-19(2,14-23)8-5-9-20(17,3)22(21,26)10-6-16-7-11-27-13-16/h7,11,13,17,23,26H,5-6,8-10,12,14H2,1-4H3/t17-,19+,20-,21-,22-/m0/s1. The summed E-state index contributed by atoms with van der Waals surface area (Å²) in [7, 11) is 0. The van der Waals surface area contributed by atoms with Crippen molar-refractivity contribution >= 4 is 11.8 Å². The van der Waals surface area contributed by atoms with Crippen LogP contribution in [0.15, 0.2) is 23.0 Å². The normalized spacial score (nSPS) is 40.8. The molecule has 3 rings (SSSR count). The van der Waals surface area contributed by atoms with Gasteiger partial charge in [0.1, 0.15) is 5.60 Å². The molecule has 0 amide bonds. The Kier molecular flexibility index (Phi) is 5.26. The van der Waals surface area contributed by atoms with Crippen molar-refractivity contribution in [3.8, 4) is 0 Å². The molecule has 0 radical (unpaired) electrons. The maximum atomic E-state index is 13.3. The molecule has 2 aliphatic rings. The van der Waals surface area contributed by atoms with Crippen LogP contribution in [0.1, 0.15) is 65.4 Å². The Morgan fingerprint density at radius 2 is 2.04 bits per heavy atom. The zero-order valence-electron chi connectivity index (χ0n) is 17.3. The number of aliphatic hydroxyl groups is 2. The molecule has 1 heterocycles. The average molecular weight is 392 g/mol. The van der Waals surface area contributed by atoms with Crippen molar-refractivity contribution < 1.29 is 29.0 Å². The summed E-state index contributed by atoms with van der Waals surface area (Å²) in [5.74, 6) is -1.05. The number of hydrogen-bond donors (Lipinski definition) is 2. The van der Waals surface area contributed by atoms with Crippen LogP contribution in [-0.4, -0.2) is 39.8 Å². The summed E-state index contributed by atoms with van der Waals surface area (Å²) in [4.78, 5) is 25.2. The summed E-state index contributed by atoms with van der Waals surface area (Å²) in [5.41, 5.74) is -3.40. The van der Waals surface area contributed by atoms with Crippen molar-refractivity contribution in [2.24, 2.45) is 16.7 Å². The van der Waals surface area contributed by atoms with Gasteiger partial charge in [0.25, 0.3) is 0 Å². The quantitative estimate of drug-likeness (QED) is 0.748. The predicted molar refractivity (Wildman–Crippen MR) is 102 cm³/mol. The second-order valence-corrected chi connectivity index (χ2v) is 9.38. The van der Waals surface area contributed by atoms with Gasteiger partial charge in [-0.3, -0.25) is 9.59 Å². The van der Waals surface area contributed by atoms with Gasteiger partial charge in [-0.05, 0) is 55.6 Å². The van der Waals surface area contributed by atoms with Crippen LogP contribution in [0.2, 0.25) is 0 Å². The molecule has 2 aliphatic carbocycles. The van der Waals surface area contributed by atoms with Crippen LogP contribution in [-0.2, 0) is 20.7 Å². The first-order chi connectivity index (χ1) is 13.0. The number of esters is 1. The van der Waals surface area contributed by atoms with E-state index in [9.17, 15) is 19.8 Å². The van der Waals surface area contributed by atoms with Crippen molar-refractivity contribution in [2.45, 2.75) is 77.4 Å². The molecule has 0 saturated heterocycles. The highest BCUT2D eigenvalue weighted by Crippen LogP contribution is 2.64. The minimum absolute atomic E-state index is 0.0391. The molecule has 28 heavy (non-hydrogen) atoms. The van der Waals surface area contributed by atoms with E-state index in [1.54, 1.807) is 19.5 Å². The van der Waals surface area contributed by atoms with Gasteiger partial charge in [-0.25, -0.2) is 0 Å². The molecule has 2 N–H and O–H groups in total. The summed E-state index contributed by atoms with van der Waals surface area (Å²) in [6, 6.07) is 1.83. The lowest BCUT2D eigenvalue weighted by atomic mass is 9.42. The van der Waals surface area contributed by atoms with Gasteiger partial charge in [0, 0.05) is 25.4 Å². The van der Waals surface area contributed by atoms with E-state index in [4.69, 9.17) is 9.15 Å². The highest BCUT2D eigenvalue weighted by molar-refractivity contribution is 5.92. The Morgan fingerprint density at radius 1 is 1.32 bits per heavy atom. The summed E-state index contributed by atoms with van der Waals surface area (Å²) in [6.45, 7) is 6.77. The van der Waals surface area contributed by atoms with E-state index < -0.39 is 28.0 Å². The fraction of sp³-hybridized carbons (Fsp3) is 0.727. The van der Waals surface area contributed by atoms with Crippen molar-refractivity contribution in [3.05, 3.63) is 24.2 Å². The van der Waals surface area contributed by atoms with Crippen molar-refractivity contribution in [3.63, 3.8) is 0 Å². The number of aryl methyl sites for hydroxylation is 1. The van der Waals surface area contributed by atoms with E-state index in [1.807, 2.05) is 19.9 Å². The first kappa shape index (κ1) is 21.1. The molecule has 5 atom stereocenters. The Bertz CT molecular complexity index is 742. The van der Waals surface area contributed by atoms with Gasteiger partial charge in [0.05, 0.1) is 12.5 Å². The van der Waals surface area contributed by atoms with E-state index in [2.05, 4.69) is 0 Å². The number of carbonyl (C=O) groups excluding carboxylic acids is 2. The smallest absolute Gasteiger partial charge is 0.303 e. The molecular formula is C22H32O6. The van der Waals surface area contributed by atoms with E-state index in [0.717, 1.165) is 18.4 Å².